The number of anilines is 3. The predicted molar refractivity (Wildman–Crippen MR) is 128 cm³/mol. The zero-order valence-corrected chi connectivity index (χ0v) is 19.8. The summed E-state index contributed by atoms with van der Waals surface area (Å²) in [5.41, 5.74) is 1.06. The molecular weight excluding hydrogens is 404 g/mol. The fourth-order valence-electron chi connectivity index (χ4n) is 4.06. The molecule has 0 aromatic carbocycles. The van der Waals surface area contributed by atoms with E-state index in [1.165, 1.54) is 0 Å². The lowest BCUT2D eigenvalue weighted by atomic mass is 9.96. The van der Waals surface area contributed by atoms with Crippen LogP contribution >= 0.6 is 0 Å². The minimum Gasteiger partial charge on any atom is -0.350 e. The number of carbonyl (C=O) groups excluding carboxylic acids is 1. The highest BCUT2D eigenvalue weighted by molar-refractivity contribution is 5.79. The molecule has 0 saturated carbocycles. The second kappa shape index (κ2) is 11.6. The van der Waals surface area contributed by atoms with Crippen molar-refractivity contribution in [3.63, 3.8) is 0 Å². The summed E-state index contributed by atoms with van der Waals surface area (Å²) in [7, 11) is 0. The number of rotatable bonds is 10. The van der Waals surface area contributed by atoms with E-state index in [9.17, 15) is 4.79 Å². The van der Waals surface area contributed by atoms with E-state index in [4.69, 9.17) is 9.97 Å². The van der Waals surface area contributed by atoms with Gasteiger partial charge in [0, 0.05) is 58.2 Å². The molecule has 3 heterocycles. The summed E-state index contributed by atoms with van der Waals surface area (Å²) in [4.78, 5) is 37.5. The van der Waals surface area contributed by atoms with Gasteiger partial charge < -0.3 is 20.0 Å². The normalized spacial score (nSPS) is 16.0. The van der Waals surface area contributed by atoms with Crippen LogP contribution in [0.15, 0.2) is 24.5 Å². The first-order chi connectivity index (χ1) is 15.6. The molecule has 9 heteroatoms. The first kappa shape index (κ1) is 23.7. The molecule has 1 N–H and O–H groups in total. The number of aromatic nitrogens is 4. The van der Waals surface area contributed by atoms with Gasteiger partial charge in [-0.05, 0) is 52.2 Å². The van der Waals surface area contributed by atoms with Gasteiger partial charge in [0.25, 0.3) is 0 Å². The van der Waals surface area contributed by atoms with Crippen LogP contribution in [-0.2, 0) is 11.3 Å². The Kier molecular flexibility index (Phi) is 8.58. The zero-order chi connectivity index (χ0) is 22.9. The second-order valence-corrected chi connectivity index (χ2v) is 7.94. The molecule has 0 bridgehead atoms. The van der Waals surface area contributed by atoms with Gasteiger partial charge in [0.15, 0.2) is 0 Å². The summed E-state index contributed by atoms with van der Waals surface area (Å²) in [6.45, 7) is 13.4. The predicted octanol–water partition coefficient (Wildman–Crippen LogP) is 2.81. The fraction of sp³-hybridized carbons (Fsp3) is 0.609. The smallest absolute Gasteiger partial charge is 0.231 e. The van der Waals surface area contributed by atoms with Crippen LogP contribution in [0.25, 0.3) is 0 Å². The highest BCUT2D eigenvalue weighted by atomic mass is 16.2. The van der Waals surface area contributed by atoms with Crippen LogP contribution in [-0.4, -0.2) is 70.0 Å². The maximum absolute atomic E-state index is 13.0. The standard InChI is InChI=1S/C23H36N8O/c1-5-29(6-2)20(32)19-12-10-14-31(17-19)23-27-21(25-16-18-11-9-13-24-15-18)26-22(28-23)30(7-3)8-4/h9,11,13,15,19H,5-8,10,12,14,16-17H2,1-4H3,(H,25,26,27,28). The summed E-state index contributed by atoms with van der Waals surface area (Å²) < 4.78 is 0. The third-order valence-electron chi connectivity index (χ3n) is 5.96. The second-order valence-electron chi connectivity index (χ2n) is 7.94. The summed E-state index contributed by atoms with van der Waals surface area (Å²) in [6.07, 6.45) is 5.44. The Labute approximate surface area is 191 Å². The van der Waals surface area contributed by atoms with Gasteiger partial charge >= 0.3 is 0 Å². The maximum Gasteiger partial charge on any atom is 0.231 e. The van der Waals surface area contributed by atoms with E-state index in [1.54, 1.807) is 6.20 Å². The molecule has 0 spiro atoms. The average Bonchev–Trinajstić information content (AvgIpc) is 2.85. The van der Waals surface area contributed by atoms with Crippen LogP contribution in [0.3, 0.4) is 0 Å². The van der Waals surface area contributed by atoms with Crippen LogP contribution in [0.5, 0.6) is 0 Å². The Morgan fingerprint density at radius 2 is 1.91 bits per heavy atom. The number of piperidine rings is 1. The molecule has 3 rings (SSSR count). The van der Waals surface area contributed by atoms with Crippen LogP contribution in [0.2, 0.25) is 0 Å². The molecule has 32 heavy (non-hydrogen) atoms. The number of amides is 1. The van der Waals surface area contributed by atoms with E-state index in [-0.39, 0.29) is 11.8 Å². The number of hydrogen-bond donors (Lipinski definition) is 1. The minimum absolute atomic E-state index is 0.0240. The highest BCUT2D eigenvalue weighted by Crippen LogP contribution is 2.24. The molecule has 1 unspecified atom stereocenters. The maximum atomic E-state index is 13.0. The monoisotopic (exact) mass is 440 g/mol. The van der Waals surface area contributed by atoms with Gasteiger partial charge in [-0.1, -0.05) is 6.07 Å². The zero-order valence-electron chi connectivity index (χ0n) is 19.8. The van der Waals surface area contributed by atoms with Crippen molar-refractivity contribution in [1.82, 2.24) is 24.8 Å². The van der Waals surface area contributed by atoms with Gasteiger partial charge in [-0.15, -0.1) is 0 Å². The third kappa shape index (κ3) is 5.83. The summed E-state index contributed by atoms with van der Waals surface area (Å²) in [5, 5.41) is 3.32. The van der Waals surface area contributed by atoms with Crippen molar-refractivity contribution in [2.24, 2.45) is 5.92 Å². The minimum atomic E-state index is -0.0240. The molecule has 2 aromatic rings. The summed E-state index contributed by atoms with van der Waals surface area (Å²) >= 11 is 0. The van der Waals surface area contributed by atoms with Crippen molar-refractivity contribution in [2.75, 3.05) is 54.4 Å². The third-order valence-corrected chi connectivity index (χ3v) is 5.96. The molecule has 9 nitrogen and oxygen atoms in total. The summed E-state index contributed by atoms with van der Waals surface area (Å²) in [6, 6.07) is 3.93. The largest absolute Gasteiger partial charge is 0.350 e. The van der Waals surface area contributed by atoms with E-state index < -0.39 is 0 Å². The topological polar surface area (TPSA) is 90.4 Å². The quantitative estimate of drug-likeness (QED) is 0.603. The van der Waals surface area contributed by atoms with Crippen LogP contribution in [0.4, 0.5) is 17.8 Å². The molecule has 1 aliphatic heterocycles. The molecule has 0 radical (unpaired) electrons. The molecule has 0 aliphatic carbocycles. The van der Waals surface area contributed by atoms with E-state index in [1.807, 2.05) is 37.1 Å². The summed E-state index contributed by atoms with van der Waals surface area (Å²) in [5.74, 6) is 2.04. The van der Waals surface area contributed by atoms with Crippen LogP contribution in [0, 0.1) is 5.92 Å². The lowest BCUT2D eigenvalue weighted by molar-refractivity contribution is -0.135. The molecule has 174 valence electrons. The number of nitrogens with one attached hydrogen (secondary N) is 1. The Morgan fingerprint density at radius 1 is 1.12 bits per heavy atom. The van der Waals surface area contributed by atoms with Crippen molar-refractivity contribution < 1.29 is 4.79 Å². The Hall–Kier alpha value is -2.97. The number of hydrogen-bond acceptors (Lipinski definition) is 8. The number of nitrogens with zero attached hydrogens (tertiary/aromatic N) is 7. The van der Waals surface area contributed by atoms with E-state index in [0.717, 1.165) is 51.1 Å². The van der Waals surface area contributed by atoms with Crippen molar-refractivity contribution in [3.05, 3.63) is 30.1 Å². The SMILES string of the molecule is CCN(CC)C(=O)C1CCCN(c2nc(NCc3cccnc3)nc(N(CC)CC)n2)C1. The van der Waals surface area contributed by atoms with Gasteiger partial charge in [0.05, 0.1) is 5.92 Å². The van der Waals surface area contributed by atoms with Gasteiger partial charge in [-0.2, -0.15) is 15.0 Å². The van der Waals surface area contributed by atoms with Gasteiger partial charge in [-0.25, -0.2) is 0 Å². The first-order valence-electron chi connectivity index (χ1n) is 11.8. The van der Waals surface area contributed by atoms with Crippen LogP contribution in [0.1, 0.15) is 46.1 Å². The Morgan fingerprint density at radius 3 is 2.56 bits per heavy atom. The number of carbonyl (C=O) groups is 1. The molecule has 1 aliphatic rings. The van der Waals surface area contributed by atoms with E-state index in [0.29, 0.717) is 30.9 Å². The molecule has 1 amide bonds. The van der Waals surface area contributed by atoms with Crippen molar-refractivity contribution in [2.45, 2.75) is 47.1 Å². The first-order valence-corrected chi connectivity index (χ1v) is 11.8. The van der Waals surface area contributed by atoms with Gasteiger partial charge in [-0.3, -0.25) is 9.78 Å². The van der Waals surface area contributed by atoms with Crippen molar-refractivity contribution in [3.8, 4) is 0 Å². The van der Waals surface area contributed by atoms with Crippen molar-refractivity contribution >= 4 is 23.8 Å². The fourth-order valence-corrected chi connectivity index (χ4v) is 4.06. The van der Waals surface area contributed by atoms with E-state index in [2.05, 4.69) is 38.9 Å². The van der Waals surface area contributed by atoms with Crippen molar-refractivity contribution in [1.29, 1.82) is 0 Å². The van der Waals surface area contributed by atoms with E-state index >= 15 is 0 Å². The van der Waals surface area contributed by atoms with Gasteiger partial charge in [0.1, 0.15) is 0 Å². The molecular formula is C23H36N8O. The lowest BCUT2D eigenvalue weighted by Gasteiger charge is -2.35. The molecule has 1 saturated heterocycles. The van der Waals surface area contributed by atoms with Crippen LogP contribution < -0.4 is 15.1 Å². The molecule has 1 atom stereocenters. The molecule has 2 aromatic heterocycles. The lowest BCUT2D eigenvalue weighted by Crippen LogP contribution is -2.45. The molecule has 1 fully saturated rings. The average molecular weight is 441 g/mol. The number of pyridine rings is 1. The Bertz CT molecular complexity index is 854. The Balaban J connectivity index is 1.83. The highest BCUT2D eigenvalue weighted by Gasteiger charge is 2.30. The van der Waals surface area contributed by atoms with Gasteiger partial charge in [0.2, 0.25) is 23.8 Å².